The van der Waals surface area contributed by atoms with Crippen LogP contribution in [0.5, 0.6) is 5.75 Å². The molecule has 0 radical (unpaired) electrons. The van der Waals surface area contributed by atoms with Gasteiger partial charge in [-0.15, -0.1) is 0 Å². The molecule has 9 heteroatoms. The maximum Gasteiger partial charge on any atom is 0.308 e. The smallest absolute Gasteiger partial charge is 0.308 e. The van der Waals surface area contributed by atoms with Crippen molar-refractivity contribution in [2.75, 3.05) is 16.8 Å². The number of nitrogens with zero attached hydrogens (tertiary/aromatic N) is 2. The second-order valence-corrected chi connectivity index (χ2v) is 9.35. The molecule has 0 unspecified atom stereocenters. The van der Waals surface area contributed by atoms with Crippen LogP contribution in [0.3, 0.4) is 0 Å². The van der Waals surface area contributed by atoms with Crippen LogP contribution >= 0.6 is 11.6 Å². The number of anilines is 2. The highest BCUT2D eigenvalue weighted by molar-refractivity contribution is 6.31. The molecule has 8 nitrogen and oxygen atoms in total. The number of ether oxygens (including phenoxy) is 1. The van der Waals surface area contributed by atoms with Gasteiger partial charge in [-0.1, -0.05) is 11.6 Å². The highest BCUT2D eigenvalue weighted by Crippen LogP contribution is 2.60. The Hall–Kier alpha value is -3.23. The topological polar surface area (TPSA) is 96.0 Å². The number of amides is 3. The molecule has 1 spiro atoms. The molecular weight excluding hydrogens is 446 g/mol. The summed E-state index contributed by atoms with van der Waals surface area (Å²) in [4.78, 5) is 55.5. The second kappa shape index (κ2) is 6.88. The van der Waals surface area contributed by atoms with Gasteiger partial charge in [0, 0.05) is 29.2 Å². The number of carbonyl (C=O) groups excluding carboxylic acids is 4. The number of rotatable bonds is 2. The van der Waals surface area contributed by atoms with Crippen molar-refractivity contribution in [1.29, 1.82) is 0 Å². The first-order valence-electron chi connectivity index (χ1n) is 10.9. The summed E-state index contributed by atoms with van der Waals surface area (Å²) >= 11 is 6.30. The normalized spacial score (nSPS) is 29.9. The predicted molar refractivity (Wildman–Crippen MR) is 119 cm³/mol. The van der Waals surface area contributed by atoms with E-state index in [9.17, 15) is 19.2 Å². The van der Waals surface area contributed by atoms with Crippen molar-refractivity contribution < 1.29 is 23.9 Å². The van der Waals surface area contributed by atoms with Crippen molar-refractivity contribution in [3.05, 3.63) is 53.1 Å². The monoisotopic (exact) mass is 465 g/mol. The molecule has 6 rings (SSSR count). The summed E-state index contributed by atoms with van der Waals surface area (Å²) < 4.78 is 5.06. The molecule has 2 aromatic carbocycles. The van der Waals surface area contributed by atoms with Crippen LogP contribution in [0.15, 0.2) is 42.5 Å². The number of carbonyl (C=O) groups is 4. The molecule has 3 saturated heterocycles. The summed E-state index contributed by atoms with van der Waals surface area (Å²) in [6.45, 7) is 1.93. The van der Waals surface area contributed by atoms with E-state index in [2.05, 4.69) is 10.2 Å². The van der Waals surface area contributed by atoms with E-state index in [1.807, 2.05) is 0 Å². The van der Waals surface area contributed by atoms with E-state index in [4.69, 9.17) is 16.3 Å². The van der Waals surface area contributed by atoms with Crippen LogP contribution < -0.4 is 15.0 Å². The lowest BCUT2D eigenvalue weighted by Crippen LogP contribution is -2.54. The highest BCUT2D eigenvalue weighted by atomic mass is 35.5. The Kier molecular flexibility index (Phi) is 4.25. The van der Waals surface area contributed by atoms with Gasteiger partial charge in [0.25, 0.3) is 0 Å². The van der Waals surface area contributed by atoms with Gasteiger partial charge in [0.15, 0.2) is 0 Å². The van der Waals surface area contributed by atoms with Gasteiger partial charge >= 0.3 is 5.97 Å². The molecule has 4 aliphatic heterocycles. The number of imide groups is 1. The van der Waals surface area contributed by atoms with E-state index in [-0.39, 0.29) is 17.9 Å². The highest BCUT2D eigenvalue weighted by Gasteiger charge is 2.74. The maximum absolute atomic E-state index is 13.9. The van der Waals surface area contributed by atoms with Crippen LogP contribution in [0, 0.1) is 11.8 Å². The maximum atomic E-state index is 13.9. The minimum Gasteiger partial charge on any atom is -0.427 e. The van der Waals surface area contributed by atoms with Gasteiger partial charge in [0.1, 0.15) is 11.3 Å². The van der Waals surface area contributed by atoms with Gasteiger partial charge in [-0.05, 0) is 61.9 Å². The van der Waals surface area contributed by atoms with Crippen LogP contribution in [0.1, 0.15) is 25.3 Å². The van der Waals surface area contributed by atoms with E-state index in [0.29, 0.717) is 34.3 Å². The van der Waals surface area contributed by atoms with E-state index >= 15 is 0 Å². The third-order valence-electron chi connectivity index (χ3n) is 7.31. The number of hydrogen-bond acceptors (Lipinski definition) is 6. The molecule has 168 valence electrons. The van der Waals surface area contributed by atoms with E-state index in [0.717, 1.165) is 12.8 Å². The summed E-state index contributed by atoms with van der Waals surface area (Å²) in [5, 5.41) is 3.40. The van der Waals surface area contributed by atoms with Gasteiger partial charge in [-0.25, -0.2) is 4.90 Å². The number of fused-ring (bicyclic) bond motifs is 7. The minimum atomic E-state index is -1.26. The Balaban J connectivity index is 1.47. The van der Waals surface area contributed by atoms with Gasteiger partial charge < -0.3 is 10.1 Å². The van der Waals surface area contributed by atoms with E-state index in [1.165, 1.54) is 11.8 Å². The molecule has 0 aromatic heterocycles. The lowest BCUT2D eigenvalue weighted by molar-refractivity contribution is -0.135. The van der Waals surface area contributed by atoms with E-state index < -0.39 is 29.3 Å². The van der Waals surface area contributed by atoms with Crippen LogP contribution in [-0.2, 0) is 24.7 Å². The number of hydrogen-bond donors (Lipinski definition) is 1. The second-order valence-electron chi connectivity index (χ2n) is 8.92. The number of halogens is 1. The van der Waals surface area contributed by atoms with Crippen molar-refractivity contribution in [1.82, 2.24) is 4.90 Å². The van der Waals surface area contributed by atoms with Crippen molar-refractivity contribution in [2.24, 2.45) is 11.8 Å². The number of nitrogens with one attached hydrogen (secondary N) is 1. The largest absolute Gasteiger partial charge is 0.427 e. The Morgan fingerprint density at radius 1 is 1.12 bits per heavy atom. The van der Waals surface area contributed by atoms with Gasteiger partial charge in [0.2, 0.25) is 17.7 Å². The molecule has 1 N–H and O–H groups in total. The third-order valence-corrected chi connectivity index (χ3v) is 7.55. The molecule has 4 heterocycles. The summed E-state index contributed by atoms with van der Waals surface area (Å²) in [6.07, 6.45) is 1.59. The van der Waals surface area contributed by atoms with Crippen LogP contribution in [-0.4, -0.2) is 41.2 Å². The average Bonchev–Trinajstić information content (AvgIpc) is 3.47. The fourth-order valence-corrected chi connectivity index (χ4v) is 6.43. The van der Waals surface area contributed by atoms with Gasteiger partial charge in [0.05, 0.1) is 17.5 Å². The minimum absolute atomic E-state index is 0.201. The fraction of sp³-hybridized carbons (Fsp3) is 0.333. The standard InChI is InChI=1S/C24H20ClN3O5/c1-12(29)33-15-7-5-14(6-8-15)28-21(30)19-18-3-2-10-27(18)24(20(19)22(28)31)16-11-13(25)4-9-17(16)26-23(24)32/h4-9,11,18-20H,2-3,10H2,1H3,(H,26,32)/t18-,19+,20+,24-/m0/s1. The molecule has 0 aliphatic carbocycles. The zero-order valence-electron chi connectivity index (χ0n) is 17.7. The van der Waals surface area contributed by atoms with Crippen molar-refractivity contribution in [3.8, 4) is 5.75 Å². The van der Waals surface area contributed by atoms with Crippen LogP contribution in [0.4, 0.5) is 11.4 Å². The first-order valence-corrected chi connectivity index (χ1v) is 11.3. The summed E-state index contributed by atoms with van der Waals surface area (Å²) in [7, 11) is 0. The van der Waals surface area contributed by atoms with Crippen molar-refractivity contribution >= 4 is 46.7 Å². The zero-order chi connectivity index (χ0) is 23.1. The SMILES string of the molecule is CC(=O)Oc1ccc(N2C(=O)[C@@H]3[C@@H]4CCCN4[C@]4(C(=O)Nc5ccc(Cl)cc54)[C@H]3C2=O)cc1. The lowest BCUT2D eigenvalue weighted by Gasteiger charge is -2.36. The Bertz CT molecular complexity index is 1250. The Labute approximate surface area is 194 Å². The molecule has 3 amide bonds. The molecular formula is C24H20ClN3O5. The summed E-state index contributed by atoms with van der Waals surface area (Å²) in [5.41, 5.74) is 0.415. The Morgan fingerprint density at radius 3 is 2.61 bits per heavy atom. The first kappa shape index (κ1) is 20.4. The third kappa shape index (κ3) is 2.56. The van der Waals surface area contributed by atoms with E-state index in [1.54, 1.807) is 42.5 Å². The fourth-order valence-electron chi connectivity index (χ4n) is 6.26. The summed E-state index contributed by atoms with van der Waals surface area (Å²) in [5.74, 6) is -2.59. The van der Waals surface area contributed by atoms with Crippen molar-refractivity contribution in [2.45, 2.75) is 31.3 Å². The van der Waals surface area contributed by atoms with Gasteiger partial charge in [-0.2, -0.15) is 0 Å². The van der Waals surface area contributed by atoms with Crippen LogP contribution in [0.25, 0.3) is 0 Å². The quantitative estimate of drug-likeness (QED) is 0.416. The van der Waals surface area contributed by atoms with Crippen molar-refractivity contribution in [3.63, 3.8) is 0 Å². The molecule has 4 aliphatic rings. The molecule has 3 fully saturated rings. The summed E-state index contributed by atoms with van der Waals surface area (Å²) in [6, 6.07) is 11.2. The number of benzene rings is 2. The van der Waals surface area contributed by atoms with Crippen LogP contribution in [0.2, 0.25) is 5.02 Å². The molecule has 2 aromatic rings. The molecule has 0 saturated carbocycles. The van der Waals surface area contributed by atoms with Gasteiger partial charge in [-0.3, -0.25) is 24.1 Å². The predicted octanol–water partition coefficient (Wildman–Crippen LogP) is 2.70. The Morgan fingerprint density at radius 2 is 1.88 bits per heavy atom. The lowest BCUT2D eigenvalue weighted by atomic mass is 9.75. The average molecular weight is 466 g/mol. The molecule has 0 bridgehead atoms. The molecule has 33 heavy (non-hydrogen) atoms. The number of esters is 1. The zero-order valence-corrected chi connectivity index (χ0v) is 18.5. The molecule has 4 atom stereocenters. The first-order chi connectivity index (χ1) is 15.8.